The van der Waals surface area contributed by atoms with E-state index in [1.807, 2.05) is 0 Å². The Kier molecular flexibility index (Phi) is 4.81. The molecule has 0 unspecified atom stereocenters. The van der Waals surface area contributed by atoms with Crippen LogP contribution in [0.3, 0.4) is 0 Å². The molecule has 1 saturated heterocycles. The predicted molar refractivity (Wildman–Crippen MR) is 83.5 cm³/mol. The normalized spacial score (nSPS) is 15.8. The molecule has 1 aromatic carbocycles. The lowest BCUT2D eigenvalue weighted by atomic mass is 10.1. The smallest absolute Gasteiger partial charge is 0.367 e. The fourth-order valence-corrected chi connectivity index (χ4v) is 2.66. The molecule has 1 fully saturated rings. The van der Waals surface area contributed by atoms with Crippen molar-refractivity contribution in [3.8, 4) is 0 Å². The summed E-state index contributed by atoms with van der Waals surface area (Å²) in [5, 5.41) is 10.7. The highest BCUT2D eigenvalue weighted by atomic mass is 32.1. The molecule has 0 radical (unpaired) electrons. The molecular weight excluding hydrogens is 339 g/mol. The molecule has 0 aliphatic carbocycles. The molecule has 0 bridgehead atoms. The van der Waals surface area contributed by atoms with Crippen molar-refractivity contribution in [1.82, 2.24) is 4.90 Å². The van der Waals surface area contributed by atoms with Crippen LogP contribution < -0.4 is 4.90 Å². The number of alkyl halides is 3. The molecule has 10 heteroatoms. The van der Waals surface area contributed by atoms with Crippen molar-refractivity contribution < 1.29 is 18.1 Å². The summed E-state index contributed by atoms with van der Waals surface area (Å²) in [5.41, 5.74) is -1.63. The second-order valence-corrected chi connectivity index (χ2v) is 5.83. The lowest BCUT2D eigenvalue weighted by Crippen LogP contribution is -2.47. The van der Waals surface area contributed by atoms with E-state index in [4.69, 9.17) is 12.2 Å². The van der Waals surface area contributed by atoms with Gasteiger partial charge in [-0.3, -0.25) is 10.1 Å². The number of benzene rings is 1. The highest BCUT2D eigenvalue weighted by molar-refractivity contribution is 8.10. The van der Waals surface area contributed by atoms with Crippen molar-refractivity contribution in [2.75, 3.05) is 31.1 Å². The van der Waals surface area contributed by atoms with Gasteiger partial charge in [-0.05, 0) is 6.07 Å². The third-order valence-corrected chi connectivity index (χ3v) is 3.93. The van der Waals surface area contributed by atoms with Gasteiger partial charge in [0, 0.05) is 44.0 Å². The molecule has 1 aliphatic rings. The maximum absolute atomic E-state index is 13.2. The summed E-state index contributed by atoms with van der Waals surface area (Å²) in [5.74, 6) is 0. The lowest BCUT2D eigenvalue weighted by molar-refractivity contribution is -0.385. The summed E-state index contributed by atoms with van der Waals surface area (Å²) in [6.45, 7) is 1.58. The molecule has 2 rings (SSSR count). The first kappa shape index (κ1) is 16.8. The number of rotatable bonds is 2. The average molecular weight is 351 g/mol. The Morgan fingerprint density at radius 2 is 1.86 bits per heavy atom. The minimum atomic E-state index is -4.66. The van der Waals surface area contributed by atoms with Gasteiger partial charge in [0.05, 0.1) is 10.5 Å². The van der Waals surface area contributed by atoms with Crippen molar-refractivity contribution in [3.05, 3.63) is 33.9 Å². The van der Waals surface area contributed by atoms with Gasteiger partial charge in [-0.1, -0.05) is 12.2 Å². The van der Waals surface area contributed by atoms with Crippen LogP contribution in [0.2, 0.25) is 0 Å². The van der Waals surface area contributed by atoms with Gasteiger partial charge in [0.1, 0.15) is 4.32 Å². The van der Waals surface area contributed by atoms with Gasteiger partial charge in [-0.2, -0.15) is 13.2 Å². The van der Waals surface area contributed by atoms with Crippen LogP contribution in [0, 0.1) is 10.1 Å². The largest absolute Gasteiger partial charge is 0.418 e. The number of hydrogen-bond donors (Lipinski definition) is 1. The highest BCUT2D eigenvalue weighted by Crippen LogP contribution is 2.39. The van der Waals surface area contributed by atoms with Crippen LogP contribution in [0.1, 0.15) is 5.56 Å². The van der Waals surface area contributed by atoms with Crippen LogP contribution in [0.15, 0.2) is 18.2 Å². The van der Waals surface area contributed by atoms with Crippen molar-refractivity contribution in [2.45, 2.75) is 6.18 Å². The summed E-state index contributed by atoms with van der Waals surface area (Å²) in [6, 6.07) is 2.81. The molecule has 120 valence electrons. The van der Waals surface area contributed by atoms with Crippen LogP contribution in [-0.4, -0.2) is 40.3 Å². The molecule has 0 N–H and O–H groups in total. The fraction of sp³-hybridized carbons (Fsp3) is 0.417. The number of hydrogen-bond acceptors (Lipinski definition) is 4. The van der Waals surface area contributed by atoms with Gasteiger partial charge in [-0.25, -0.2) is 0 Å². The molecule has 0 spiro atoms. The first-order valence-corrected chi connectivity index (χ1v) is 7.14. The average Bonchev–Trinajstić information content (AvgIpc) is 2.45. The minimum Gasteiger partial charge on any atom is -0.367 e. The molecule has 1 aromatic rings. The van der Waals surface area contributed by atoms with E-state index < -0.39 is 22.4 Å². The minimum absolute atomic E-state index is 0.0529. The Labute approximate surface area is 135 Å². The Hall–Kier alpha value is -1.55. The first-order valence-electron chi connectivity index (χ1n) is 6.28. The van der Waals surface area contributed by atoms with Crippen molar-refractivity contribution >= 4 is 40.5 Å². The Morgan fingerprint density at radius 1 is 1.27 bits per heavy atom. The van der Waals surface area contributed by atoms with Gasteiger partial charge in [0.15, 0.2) is 0 Å². The standard InChI is InChI=1S/C12H12F3N3O2S2/c13-12(14,15)9-7-8(18(19)20)1-2-10(9)16-3-5-17(6-4-16)11(21)22/h1-2,7H,3-6H2,(H,21,22). The van der Waals surface area contributed by atoms with E-state index in [0.29, 0.717) is 36.6 Å². The first-order chi connectivity index (χ1) is 10.2. The number of piperazine rings is 1. The SMILES string of the molecule is O=[N+]([O-])c1ccc(N2CCN(C(=S)S)CC2)c(C(F)(F)F)c1. The van der Waals surface area contributed by atoms with E-state index in [2.05, 4.69) is 12.6 Å². The zero-order valence-corrected chi connectivity index (χ0v) is 12.9. The summed E-state index contributed by atoms with van der Waals surface area (Å²) >= 11 is 8.96. The second kappa shape index (κ2) is 6.29. The monoisotopic (exact) mass is 351 g/mol. The van der Waals surface area contributed by atoms with Crippen LogP contribution in [0.25, 0.3) is 0 Å². The molecule has 22 heavy (non-hydrogen) atoms. The van der Waals surface area contributed by atoms with E-state index >= 15 is 0 Å². The van der Waals surface area contributed by atoms with E-state index in [1.54, 1.807) is 9.80 Å². The molecular formula is C12H12F3N3O2S2. The number of halogens is 3. The quantitative estimate of drug-likeness (QED) is 0.384. The molecule has 5 nitrogen and oxygen atoms in total. The molecule has 1 heterocycles. The number of non-ortho nitro benzene ring substituents is 1. The van der Waals surface area contributed by atoms with Crippen LogP contribution in [0.4, 0.5) is 24.5 Å². The Morgan fingerprint density at radius 3 is 2.32 bits per heavy atom. The van der Waals surface area contributed by atoms with Crippen LogP contribution in [-0.2, 0) is 6.18 Å². The van der Waals surface area contributed by atoms with Crippen LogP contribution in [0.5, 0.6) is 0 Å². The molecule has 0 saturated carbocycles. The van der Waals surface area contributed by atoms with Crippen molar-refractivity contribution in [2.24, 2.45) is 0 Å². The van der Waals surface area contributed by atoms with Crippen LogP contribution >= 0.6 is 24.8 Å². The lowest BCUT2D eigenvalue weighted by Gasteiger charge is -2.37. The van der Waals surface area contributed by atoms with Gasteiger partial charge in [0.25, 0.3) is 5.69 Å². The van der Waals surface area contributed by atoms with E-state index in [-0.39, 0.29) is 5.69 Å². The number of nitro benzene ring substituents is 1. The highest BCUT2D eigenvalue weighted by Gasteiger charge is 2.37. The Bertz CT molecular complexity index is 602. The predicted octanol–water partition coefficient (Wildman–Crippen LogP) is 2.95. The number of anilines is 1. The number of thiocarbonyl (C=S) groups is 1. The number of nitro groups is 1. The van der Waals surface area contributed by atoms with E-state index in [0.717, 1.165) is 12.1 Å². The zero-order chi connectivity index (χ0) is 16.5. The zero-order valence-electron chi connectivity index (χ0n) is 11.2. The summed E-state index contributed by atoms with van der Waals surface area (Å²) in [6.07, 6.45) is -4.66. The molecule has 0 atom stereocenters. The van der Waals surface area contributed by atoms with Crippen molar-refractivity contribution in [1.29, 1.82) is 0 Å². The Balaban J connectivity index is 2.31. The van der Waals surface area contributed by atoms with E-state index in [9.17, 15) is 23.3 Å². The maximum atomic E-state index is 13.2. The number of thiol groups is 1. The van der Waals surface area contributed by atoms with Gasteiger partial charge < -0.3 is 9.80 Å². The fourth-order valence-electron chi connectivity index (χ4n) is 2.28. The maximum Gasteiger partial charge on any atom is 0.418 e. The van der Waals surface area contributed by atoms with E-state index in [1.165, 1.54) is 0 Å². The summed E-state index contributed by atoms with van der Waals surface area (Å²) in [4.78, 5) is 13.2. The number of nitrogens with zero attached hydrogens (tertiary/aromatic N) is 3. The summed E-state index contributed by atoms with van der Waals surface area (Å²) < 4.78 is 39.9. The molecule has 0 aromatic heterocycles. The molecule has 0 amide bonds. The van der Waals surface area contributed by atoms with Gasteiger partial charge in [-0.15, -0.1) is 12.6 Å². The molecule has 1 aliphatic heterocycles. The van der Waals surface area contributed by atoms with Crippen molar-refractivity contribution in [3.63, 3.8) is 0 Å². The third kappa shape index (κ3) is 3.61. The second-order valence-electron chi connectivity index (χ2n) is 4.71. The topological polar surface area (TPSA) is 49.6 Å². The third-order valence-electron chi connectivity index (χ3n) is 3.39. The van der Waals surface area contributed by atoms with Gasteiger partial charge >= 0.3 is 6.18 Å². The van der Waals surface area contributed by atoms with Gasteiger partial charge in [0.2, 0.25) is 0 Å². The summed E-state index contributed by atoms with van der Waals surface area (Å²) in [7, 11) is 0.